The van der Waals surface area contributed by atoms with Gasteiger partial charge in [-0.2, -0.15) is 0 Å². The summed E-state index contributed by atoms with van der Waals surface area (Å²) in [5, 5.41) is 0. The van der Waals surface area contributed by atoms with Crippen LogP contribution in [0.5, 0.6) is 0 Å². The Labute approximate surface area is 84.7 Å². The number of hydrogen-bond acceptors (Lipinski definition) is 2. The molecule has 13 heavy (non-hydrogen) atoms. The van der Waals surface area contributed by atoms with Crippen molar-refractivity contribution in [2.24, 2.45) is 0 Å². The zero-order valence-corrected chi connectivity index (χ0v) is 9.21. The van der Waals surface area contributed by atoms with Crippen LogP contribution in [0.1, 0.15) is 5.56 Å². The lowest BCUT2D eigenvalue weighted by Crippen LogP contribution is -2.07. The molecular weight excluding hydrogens is 204 g/mol. The van der Waals surface area contributed by atoms with Gasteiger partial charge in [-0.15, -0.1) is 0 Å². The standard InChI is InChI=1S/C9H11O2S2/c1-7-4-5-8(12(2)10)9(6-7)13(3)11/h4-6H,1H2,2-3H3. The van der Waals surface area contributed by atoms with E-state index in [2.05, 4.69) is 6.92 Å². The summed E-state index contributed by atoms with van der Waals surface area (Å²) in [5.74, 6) is 0. The van der Waals surface area contributed by atoms with Gasteiger partial charge in [-0.25, -0.2) is 0 Å². The Kier molecular flexibility index (Phi) is 3.67. The average Bonchev–Trinajstić information content (AvgIpc) is 2.03. The minimum atomic E-state index is -1.10. The highest BCUT2D eigenvalue weighted by Crippen LogP contribution is 2.21. The first-order valence-electron chi connectivity index (χ1n) is 3.65. The minimum Gasteiger partial charge on any atom is -0.612 e. The van der Waals surface area contributed by atoms with Gasteiger partial charge in [0.2, 0.25) is 9.79 Å². The van der Waals surface area contributed by atoms with Gasteiger partial charge in [-0.3, -0.25) is 0 Å². The topological polar surface area (TPSA) is 46.1 Å². The first-order chi connectivity index (χ1) is 6.02. The van der Waals surface area contributed by atoms with Crippen molar-refractivity contribution >= 4 is 22.4 Å². The fourth-order valence-electron chi connectivity index (χ4n) is 1.01. The van der Waals surface area contributed by atoms with E-state index in [0.717, 1.165) is 5.56 Å². The molecule has 0 heterocycles. The van der Waals surface area contributed by atoms with Gasteiger partial charge in [0.1, 0.15) is 12.5 Å². The highest BCUT2D eigenvalue weighted by Gasteiger charge is 2.19. The van der Waals surface area contributed by atoms with E-state index in [-0.39, 0.29) is 0 Å². The smallest absolute Gasteiger partial charge is 0.207 e. The van der Waals surface area contributed by atoms with Gasteiger partial charge in [0.15, 0.2) is 0 Å². The van der Waals surface area contributed by atoms with E-state index in [1.807, 2.05) is 0 Å². The quantitative estimate of drug-likeness (QED) is 0.699. The molecule has 0 fully saturated rings. The Balaban J connectivity index is 3.19. The Hall–Kier alpha value is -0.160. The summed E-state index contributed by atoms with van der Waals surface area (Å²) in [6, 6.07) is 5.20. The van der Waals surface area contributed by atoms with Crippen LogP contribution in [0.15, 0.2) is 28.0 Å². The molecule has 71 valence electrons. The molecule has 0 aliphatic rings. The van der Waals surface area contributed by atoms with E-state index < -0.39 is 22.4 Å². The van der Waals surface area contributed by atoms with E-state index in [1.54, 1.807) is 30.7 Å². The Morgan fingerprint density at radius 1 is 1.08 bits per heavy atom. The van der Waals surface area contributed by atoms with Gasteiger partial charge in [0.25, 0.3) is 0 Å². The second-order valence-electron chi connectivity index (χ2n) is 2.69. The lowest BCUT2D eigenvalue weighted by molar-refractivity contribution is 0.588. The maximum absolute atomic E-state index is 11.3. The molecule has 2 atom stereocenters. The summed E-state index contributed by atoms with van der Waals surface area (Å²) in [6.45, 7) is 3.73. The lowest BCUT2D eigenvalue weighted by Gasteiger charge is -2.11. The predicted octanol–water partition coefficient (Wildman–Crippen LogP) is 1.34. The molecule has 0 amide bonds. The van der Waals surface area contributed by atoms with Crippen molar-refractivity contribution in [3.05, 3.63) is 30.7 Å². The molecule has 0 aliphatic carbocycles. The van der Waals surface area contributed by atoms with E-state index in [4.69, 9.17) is 0 Å². The van der Waals surface area contributed by atoms with E-state index in [1.165, 1.54) is 0 Å². The summed E-state index contributed by atoms with van der Waals surface area (Å²) in [4.78, 5) is 1.25. The fourth-order valence-corrected chi connectivity index (χ4v) is 2.99. The predicted molar refractivity (Wildman–Crippen MR) is 55.6 cm³/mol. The van der Waals surface area contributed by atoms with Crippen LogP contribution in [0.25, 0.3) is 0 Å². The van der Waals surface area contributed by atoms with Crippen molar-refractivity contribution in [1.29, 1.82) is 0 Å². The van der Waals surface area contributed by atoms with Crippen molar-refractivity contribution in [1.82, 2.24) is 0 Å². The molecule has 0 aliphatic heterocycles. The highest BCUT2D eigenvalue weighted by molar-refractivity contribution is 7.93. The molecule has 0 spiro atoms. The summed E-state index contributed by atoms with van der Waals surface area (Å²) >= 11 is -2.19. The molecule has 2 nitrogen and oxygen atoms in total. The molecular formula is C9H11O2S2. The van der Waals surface area contributed by atoms with Crippen LogP contribution < -0.4 is 0 Å². The first-order valence-corrected chi connectivity index (χ1v) is 6.77. The largest absolute Gasteiger partial charge is 0.612 e. The lowest BCUT2D eigenvalue weighted by atomic mass is 10.2. The van der Waals surface area contributed by atoms with Crippen LogP contribution in [0.2, 0.25) is 0 Å². The van der Waals surface area contributed by atoms with Crippen molar-refractivity contribution in [2.45, 2.75) is 9.79 Å². The SMILES string of the molecule is [CH2]c1ccc([S+](C)[O-])c([S+](C)[O-])c1. The van der Waals surface area contributed by atoms with Crippen LogP contribution in [0.3, 0.4) is 0 Å². The third-order valence-electron chi connectivity index (χ3n) is 1.63. The van der Waals surface area contributed by atoms with Crippen LogP contribution in [-0.2, 0) is 22.4 Å². The highest BCUT2D eigenvalue weighted by atomic mass is 32.2. The average molecular weight is 215 g/mol. The number of rotatable bonds is 2. The van der Waals surface area contributed by atoms with Crippen LogP contribution in [-0.4, -0.2) is 21.6 Å². The Morgan fingerprint density at radius 2 is 1.62 bits per heavy atom. The second-order valence-corrected chi connectivity index (χ2v) is 5.39. The van der Waals surface area contributed by atoms with Crippen LogP contribution in [0, 0.1) is 6.92 Å². The maximum Gasteiger partial charge on any atom is 0.207 e. The third-order valence-corrected chi connectivity index (χ3v) is 3.69. The summed E-state index contributed by atoms with van der Waals surface area (Å²) in [6.07, 6.45) is 3.15. The van der Waals surface area contributed by atoms with Gasteiger partial charge in [-0.1, -0.05) is 6.07 Å². The number of benzene rings is 1. The summed E-state index contributed by atoms with van der Waals surface area (Å²) < 4.78 is 22.5. The molecule has 1 aromatic rings. The van der Waals surface area contributed by atoms with Gasteiger partial charge in [0.05, 0.1) is 0 Å². The van der Waals surface area contributed by atoms with E-state index in [0.29, 0.717) is 9.79 Å². The molecule has 0 saturated heterocycles. The summed E-state index contributed by atoms with van der Waals surface area (Å²) in [5.41, 5.74) is 0.791. The molecule has 0 aromatic heterocycles. The monoisotopic (exact) mass is 215 g/mol. The van der Waals surface area contributed by atoms with Gasteiger partial charge >= 0.3 is 0 Å². The third kappa shape index (κ3) is 2.64. The molecule has 1 rings (SSSR count). The van der Waals surface area contributed by atoms with E-state index >= 15 is 0 Å². The van der Waals surface area contributed by atoms with Crippen LogP contribution >= 0.6 is 0 Å². The Morgan fingerprint density at radius 3 is 2.08 bits per heavy atom. The molecule has 2 unspecified atom stereocenters. The molecule has 0 bridgehead atoms. The van der Waals surface area contributed by atoms with Crippen molar-refractivity contribution in [2.75, 3.05) is 12.5 Å². The number of hydrogen-bond donors (Lipinski definition) is 0. The molecule has 0 saturated carbocycles. The van der Waals surface area contributed by atoms with Crippen molar-refractivity contribution in [3.63, 3.8) is 0 Å². The van der Waals surface area contributed by atoms with Gasteiger partial charge < -0.3 is 9.11 Å². The van der Waals surface area contributed by atoms with Crippen molar-refractivity contribution in [3.8, 4) is 0 Å². The molecule has 0 N–H and O–H groups in total. The van der Waals surface area contributed by atoms with Gasteiger partial charge in [0, 0.05) is 6.07 Å². The molecule has 4 heteroatoms. The zero-order valence-electron chi connectivity index (χ0n) is 7.57. The summed E-state index contributed by atoms with van der Waals surface area (Å²) in [7, 11) is 0. The first kappa shape index (κ1) is 10.9. The zero-order chi connectivity index (χ0) is 10.0. The maximum atomic E-state index is 11.3. The molecule has 1 radical (unpaired) electrons. The van der Waals surface area contributed by atoms with Gasteiger partial charge in [-0.05, 0) is 40.9 Å². The Bertz CT molecular complexity index is 298. The second kappa shape index (κ2) is 4.37. The normalized spacial score (nSPS) is 15.5. The fraction of sp³-hybridized carbons (Fsp3) is 0.222. The van der Waals surface area contributed by atoms with Crippen LogP contribution in [0.4, 0.5) is 0 Å². The van der Waals surface area contributed by atoms with Crippen molar-refractivity contribution < 1.29 is 9.11 Å². The van der Waals surface area contributed by atoms with E-state index in [9.17, 15) is 9.11 Å². The minimum absolute atomic E-state index is 0.619. The molecule has 1 aromatic carbocycles.